The van der Waals surface area contributed by atoms with Crippen LogP contribution in [0.2, 0.25) is 0 Å². The number of hydrogen-bond acceptors (Lipinski definition) is 5. The predicted octanol–water partition coefficient (Wildman–Crippen LogP) is 4.62. The van der Waals surface area contributed by atoms with Crippen LogP contribution in [0.3, 0.4) is 0 Å². The van der Waals surface area contributed by atoms with Crippen molar-refractivity contribution >= 4 is 46.3 Å². The number of carbonyl (C=O) groups is 2. The number of hydrogen-bond donors (Lipinski definition) is 2. The lowest BCUT2D eigenvalue weighted by molar-refractivity contribution is -0.113. The fraction of sp³-hybridized carbons (Fsp3) is 0.100. The van der Waals surface area contributed by atoms with Crippen molar-refractivity contribution in [2.75, 3.05) is 11.9 Å². The molecule has 0 fully saturated rings. The Labute approximate surface area is 165 Å². The number of ether oxygens (including phenoxy) is 1. The molecule has 0 bridgehead atoms. The van der Waals surface area contributed by atoms with E-state index in [1.807, 2.05) is 29.8 Å². The van der Waals surface area contributed by atoms with Gasteiger partial charge in [0.05, 0.1) is 11.5 Å². The zero-order chi connectivity index (χ0) is 19.1. The SMILES string of the molecule is CCOc1ccc(NC(=O)/C(=C/c2cccs2)NC(=O)c2cccs2)cc1. The lowest BCUT2D eigenvalue weighted by atomic mass is 10.2. The van der Waals surface area contributed by atoms with E-state index >= 15 is 0 Å². The van der Waals surface area contributed by atoms with Gasteiger partial charge in [-0.15, -0.1) is 22.7 Å². The Balaban J connectivity index is 1.77. The molecule has 1 aromatic carbocycles. The van der Waals surface area contributed by atoms with Gasteiger partial charge in [-0.2, -0.15) is 0 Å². The highest BCUT2D eigenvalue weighted by Gasteiger charge is 2.16. The topological polar surface area (TPSA) is 67.4 Å². The van der Waals surface area contributed by atoms with Gasteiger partial charge in [0.15, 0.2) is 0 Å². The molecule has 3 aromatic rings. The average molecular weight is 399 g/mol. The molecule has 0 spiro atoms. The first kappa shape index (κ1) is 18.9. The number of rotatable bonds is 7. The molecule has 0 aliphatic carbocycles. The second-order valence-electron chi connectivity index (χ2n) is 5.42. The Hall–Kier alpha value is -2.90. The summed E-state index contributed by atoms with van der Waals surface area (Å²) in [6.07, 6.45) is 1.67. The van der Waals surface area contributed by atoms with Gasteiger partial charge in [0.1, 0.15) is 11.4 Å². The van der Waals surface area contributed by atoms with Gasteiger partial charge in [-0.3, -0.25) is 9.59 Å². The van der Waals surface area contributed by atoms with Crippen molar-refractivity contribution < 1.29 is 14.3 Å². The first-order valence-corrected chi connectivity index (χ1v) is 10.1. The molecule has 2 aromatic heterocycles. The van der Waals surface area contributed by atoms with Gasteiger partial charge in [0.2, 0.25) is 0 Å². The first-order chi connectivity index (χ1) is 13.2. The van der Waals surface area contributed by atoms with Crippen LogP contribution in [0.25, 0.3) is 6.08 Å². The van der Waals surface area contributed by atoms with Crippen LogP contribution in [0.1, 0.15) is 21.5 Å². The number of benzene rings is 1. The fourth-order valence-corrected chi connectivity index (χ4v) is 3.54. The highest BCUT2D eigenvalue weighted by Crippen LogP contribution is 2.18. The molecule has 7 heteroatoms. The Morgan fingerprint density at radius 3 is 2.41 bits per heavy atom. The van der Waals surface area contributed by atoms with E-state index in [4.69, 9.17) is 4.74 Å². The van der Waals surface area contributed by atoms with Crippen LogP contribution in [0.15, 0.2) is 65.0 Å². The lowest BCUT2D eigenvalue weighted by Crippen LogP contribution is -2.30. The second-order valence-corrected chi connectivity index (χ2v) is 7.34. The van der Waals surface area contributed by atoms with E-state index in [0.29, 0.717) is 17.2 Å². The third-order valence-electron chi connectivity index (χ3n) is 3.49. The molecule has 0 aliphatic rings. The molecule has 0 aliphatic heterocycles. The molecular weight excluding hydrogens is 380 g/mol. The molecule has 5 nitrogen and oxygen atoms in total. The minimum Gasteiger partial charge on any atom is -0.494 e. The number of carbonyl (C=O) groups excluding carboxylic acids is 2. The van der Waals surface area contributed by atoms with Gasteiger partial charge >= 0.3 is 0 Å². The molecular formula is C20H18N2O3S2. The van der Waals surface area contributed by atoms with E-state index in [0.717, 1.165) is 10.6 Å². The molecule has 27 heavy (non-hydrogen) atoms. The highest BCUT2D eigenvalue weighted by molar-refractivity contribution is 7.12. The minimum absolute atomic E-state index is 0.185. The molecule has 2 amide bonds. The highest BCUT2D eigenvalue weighted by atomic mass is 32.1. The van der Waals surface area contributed by atoms with E-state index in [1.165, 1.54) is 22.7 Å². The van der Waals surface area contributed by atoms with Crippen molar-refractivity contribution in [3.8, 4) is 5.75 Å². The summed E-state index contributed by atoms with van der Waals surface area (Å²) in [5, 5.41) is 9.25. The number of anilines is 1. The maximum Gasteiger partial charge on any atom is 0.272 e. The summed E-state index contributed by atoms with van der Waals surface area (Å²) in [4.78, 5) is 26.5. The van der Waals surface area contributed by atoms with E-state index in [2.05, 4.69) is 10.6 Å². The number of nitrogens with one attached hydrogen (secondary N) is 2. The van der Waals surface area contributed by atoms with Crippen LogP contribution in [-0.4, -0.2) is 18.4 Å². The fourth-order valence-electron chi connectivity index (χ4n) is 2.27. The van der Waals surface area contributed by atoms with E-state index in [1.54, 1.807) is 42.5 Å². The second kappa shape index (κ2) is 9.16. The van der Waals surface area contributed by atoms with Gasteiger partial charge in [0, 0.05) is 10.6 Å². The summed E-state index contributed by atoms with van der Waals surface area (Å²) in [7, 11) is 0. The van der Waals surface area contributed by atoms with Crippen LogP contribution in [0.5, 0.6) is 5.75 Å². The zero-order valence-electron chi connectivity index (χ0n) is 14.6. The van der Waals surface area contributed by atoms with E-state index in [-0.39, 0.29) is 11.6 Å². The molecule has 2 N–H and O–H groups in total. The summed E-state index contributed by atoms with van der Waals surface area (Å²) in [5.74, 6) is 0.0305. The number of thiophene rings is 2. The number of amides is 2. The van der Waals surface area contributed by atoms with Crippen molar-refractivity contribution in [2.24, 2.45) is 0 Å². The van der Waals surface area contributed by atoms with Crippen LogP contribution in [-0.2, 0) is 4.79 Å². The standard InChI is InChI=1S/C20H18N2O3S2/c1-2-25-15-9-7-14(8-10-15)21-19(23)17(13-16-5-3-11-26-16)22-20(24)18-6-4-12-27-18/h3-13H,2H2,1H3,(H,21,23)(H,22,24)/b17-13-. The molecule has 0 unspecified atom stereocenters. The van der Waals surface area contributed by atoms with Crippen molar-refractivity contribution in [2.45, 2.75) is 6.92 Å². The van der Waals surface area contributed by atoms with E-state index in [9.17, 15) is 9.59 Å². The summed E-state index contributed by atoms with van der Waals surface area (Å²) in [6, 6.07) is 14.4. The normalized spacial score (nSPS) is 11.1. The smallest absolute Gasteiger partial charge is 0.272 e. The Morgan fingerprint density at radius 2 is 1.78 bits per heavy atom. The lowest BCUT2D eigenvalue weighted by Gasteiger charge is -2.11. The third-order valence-corrected chi connectivity index (χ3v) is 5.18. The Morgan fingerprint density at radius 1 is 1.04 bits per heavy atom. The molecule has 2 heterocycles. The minimum atomic E-state index is -0.391. The summed E-state index contributed by atoms with van der Waals surface area (Å²) in [5.41, 5.74) is 0.802. The largest absolute Gasteiger partial charge is 0.494 e. The Kier molecular flexibility index (Phi) is 6.40. The maximum absolute atomic E-state index is 12.7. The van der Waals surface area contributed by atoms with Crippen molar-refractivity contribution in [1.82, 2.24) is 5.32 Å². The Bertz CT molecular complexity index is 915. The quantitative estimate of drug-likeness (QED) is 0.571. The van der Waals surface area contributed by atoms with Gasteiger partial charge in [-0.1, -0.05) is 12.1 Å². The summed E-state index contributed by atoms with van der Waals surface area (Å²) in [6.45, 7) is 2.49. The van der Waals surface area contributed by atoms with Crippen molar-refractivity contribution in [3.63, 3.8) is 0 Å². The van der Waals surface area contributed by atoms with Crippen LogP contribution >= 0.6 is 22.7 Å². The monoisotopic (exact) mass is 398 g/mol. The first-order valence-electron chi connectivity index (χ1n) is 8.30. The van der Waals surface area contributed by atoms with Gasteiger partial charge in [0.25, 0.3) is 11.8 Å². The van der Waals surface area contributed by atoms with Gasteiger partial charge < -0.3 is 15.4 Å². The molecule has 0 radical (unpaired) electrons. The molecule has 3 rings (SSSR count). The van der Waals surface area contributed by atoms with Crippen LogP contribution in [0, 0.1) is 0 Å². The van der Waals surface area contributed by atoms with Crippen molar-refractivity contribution in [3.05, 3.63) is 74.7 Å². The summed E-state index contributed by atoms with van der Waals surface area (Å²) < 4.78 is 5.40. The van der Waals surface area contributed by atoms with E-state index < -0.39 is 5.91 Å². The molecule has 0 saturated heterocycles. The molecule has 138 valence electrons. The predicted molar refractivity (Wildman–Crippen MR) is 110 cm³/mol. The molecule has 0 atom stereocenters. The average Bonchev–Trinajstić information content (AvgIpc) is 3.37. The third kappa shape index (κ3) is 5.29. The zero-order valence-corrected chi connectivity index (χ0v) is 16.2. The van der Waals surface area contributed by atoms with Crippen LogP contribution in [0.4, 0.5) is 5.69 Å². The van der Waals surface area contributed by atoms with Gasteiger partial charge in [-0.25, -0.2) is 0 Å². The summed E-state index contributed by atoms with van der Waals surface area (Å²) >= 11 is 2.81. The maximum atomic E-state index is 12.7. The van der Waals surface area contributed by atoms with Gasteiger partial charge in [-0.05, 0) is 60.2 Å². The van der Waals surface area contributed by atoms with Crippen LogP contribution < -0.4 is 15.4 Å². The molecule has 0 saturated carbocycles. The van der Waals surface area contributed by atoms with Crippen molar-refractivity contribution in [1.29, 1.82) is 0 Å².